The number of nitrogens with one attached hydrogen (secondary N) is 1. The Morgan fingerprint density at radius 3 is 2.67 bits per heavy atom. The topological polar surface area (TPSA) is 64.1 Å². The summed E-state index contributed by atoms with van der Waals surface area (Å²) < 4.78 is 4.98. The maximum absolute atomic E-state index is 11.6. The molecule has 3 rings (SSSR count). The first kappa shape index (κ1) is 15.9. The molecule has 5 nitrogen and oxygen atoms in total. The van der Waals surface area contributed by atoms with Gasteiger partial charge < -0.3 is 10.1 Å². The number of anilines is 1. The van der Waals surface area contributed by atoms with Gasteiger partial charge in [0.1, 0.15) is 12.1 Å². The van der Waals surface area contributed by atoms with Gasteiger partial charge in [0.15, 0.2) is 0 Å². The van der Waals surface area contributed by atoms with Crippen LogP contribution in [0.3, 0.4) is 0 Å². The maximum atomic E-state index is 11.6. The van der Waals surface area contributed by atoms with Crippen LogP contribution in [0.5, 0.6) is 0 Å². The van der Waals surface area contributed by atoms with Gasteiger partial charge in [-0.3, -0.25) is 0 Å². The van der Waals surface area contributed by atoms with Gasteiger partial charge in [-0.05, 0) is 43.2 Å². The van der Waals surface area contributed by atoms with Crippen LogP contribution >= 0.6 is 0 Å². The minimum Gasteiger partial charge on any atom is -0.462 e. The molecule has 1 N–H and O–H groups in total. The van der Waals surface area contributed by atoms with Crippen molar-refractivity contribution < 1.29 is 9.53 Å². The average molecular weight is 321 g/mol. The molecule has 0 unspecified atom stereocenters. The van der Waals surface area contributed by atoms with Gasteiger partial charge in [0.25, 0.3) is 0 Å². The Hall–Kier alpha value is -2.95. The summed E-state index contributed by atoms with van der Waals surface area (Å²) in [5.74, 6) is 0.554. The number of esters is 1. The van der Waals surface area contributed by atoms with E-state index in [0.717, 1.165) is 35.2 Å². The second-order valence-electron chi connectivity index (χ2n) is 5.33. The predicted molar refractivity (Wildman–Crippen MR) is 94.1 cm³/mol. The Labute approximate surface area is 140 Å². The fourth-order valence-corrected chi connectivity index (χ4v) is 2.49. The van der Waals surface area contributed by atoms with Crippen LogP contribution in [-0.4, -0.2) is 29.1 Å². The number of carbonyl (C=O) groups excluding carboxylic acids is 1. The highest BCUT2D eigenvalue weighted by Gasteiger charge is 2.06. The van der Waals surface area contributed by atoms with Gasteiger partial charge >= 0.3 is 5.97 Å². The Morgan fingerprint density at radius 1 is 1.08 bits per heavy atom. The molecule has 0 amide bonds. The van der Waals surface area contributed by atoms with E-state index in [-0.39, 0.29) is 5.97 Å². The number of para-hydroxylation sites is 1. The summed E-state index contributed by atoms with van der Waals surface area (Å²) >= 11 is 0. The standard InChI is InChI=1S/C19H19N3O2/c1-2-24-19(23)15-9-7-14(8-10-15)11-12-20-18-16-5-3-4-6-17(16)21-13-22-18/h3-10,13H,2,11-12H2,1H3,(H,20,21,22). The van der Waals surface area contributed by atoms with E-state index in [2.05, 4.69) is 15.3 Å². The first-order valence-corrected chi connectivity index (χ1v) is 7.97. The summed E-state index contributed by atoms with van der Waals surface area (Å²) in [7, 11) is 0. The molecule has 3 aromatic rings. The van der Waals surface area contributed by atoms with Crippen LogP contribution in [0.25, 0.3) is 10.9 Å². The van der Waals surface area contributed by atoms with Crippen molar-refractivity contribution in [3.63, 3.8) is 0 Å². The zero-order chi connectivity index (χ0) is 16.8. The van der Waals surface area contributed by atoms with Crippen molar-refractivity contribution in [2.75, 3.05) is 18.5 Å². The number of ether oxygens (including phenoxy) is 1. The number of carbonyl (C=O) groups is 1. The van der Waals surface area contributed by atoms with Gasteiger partial charge in [-0.2, -0.15) is 0 Å². The Morgan fingerprint density at radius 2 is 1.88 bits per heavy atom. The van der Waals surface area contributed by atoms with E-state index in [4.69, 9.17) is 4.74 Å². The van der Waals surface area contributed by atoms with Gasteiger partial charge in [0, 0.05) is 11.9 Å². The van der Waals surface area contributed by atoms with Crippen molar-refractivity contribution in [3.05, 3.63) is 66.0 Å². The summed E-state index contributed by atoms with van der Waals surface area (Å²) in [6.45, 7) is 2.94. The molecule has 0 spiro atoms. The van der Waals surface area contributed by atoms with Crippen LogP contribution in [-0.2, 0) is 11.2 Å². The van der Waals surface area contributed by atoms with Gasteiger partial charge in [0.05, 0.1) is 17.7 Å². The largest absolute Gasteiger partial charge is 0.462 e. The molecule has 0 saturated carbocycles. The maximum Gasteiger partial charge on any atom is 0.338 e. The SMILES string of the molecule is CCOC(=O)c1ccc(CCNc2ncnc3ccccc23)cc1. The average Bonchev–Trinajstić information content (AvgIpc) is 2.63. The Balaban J connectivity index is 1.61. The van der Waals surface area contributed by atoms with Crippen molar-refractivity contribution in [1.82, 2.24) is 9.97 Å². The number of fused-ring (bicyclic) bond motifs is 1. The third kappa shape index (κ3) is 3.68. The molecule has 1 aromatic heterocycles. The van der Waals surface area contributed by atoms with E-state index < -0.39 is 0 Å². The third-order valence-electron chi connectivity index (χ3n) is 3.71. The molecule has 1 heterocycles. The number of benzene rings is 2. The van der Waals surface area contributed by atoms with E-state index in [1.54, 1.807) is 25.4 Å². The normalized spacial score (nSPS) is 10.5. The predicted octanol–water partition coefficient (Wildman–Crippen LogP) is 3.46. The molecular weight excluding hydrogens is 302 g/mol. The molecule has 0 aliphatic rings. The minimum atomic E-state index is -0.283. The van der Waals surface area contributed by atoms with Crippen LogP contribution in [0.15, 0.2) is 54.9 Å². The lowest BCUT2D eigenvalue weighted by molar-refractivity contribution is 0.0526. The lowest BCUT2D eigenvalue weighted by Gasteiger charge is -2.08. The van der Waals surface area contributed by atoms with E-state index >= 15 is 0 Å². The highest BCUT2D eigenvalue weighted by Crippen LogP contribution is 2.18. The molecule has 0 radical (unpaired) electrons. The quantitative estimate of drug-likeness (QED) is 0.704. The summed E-state index contributed by atoms with van der Waals surface area (Å²) in [5, 5.41) is 4.36. The highest BCUT2D eigenvalue weighted by molar-refractivity contribution is 5.89. The third-order valence-corrected chi connectivity index (χ3v) is 3.71. The van der Waals surface area contributed by atoms with Crippen LogP contribution < -0.4 is 5.32 Å². The number of aromatic nitrogens is 2. The molecule has 0 fully saturated rings. The summed E-state index contributed by atoms with van der Waals surface area (Å²) in [6.07, 6.45) is 2.40. The Bertz CT molecular complexity index is 826. The molecule has 0 saturated heterocycles. The molecule has 0 atom stereocenters. The summed E-state index contributed by atoms with van der Waals surface area (Å²) in [4.78, 5) is 20.2. The second kappa shape index (κ2) is 7.55. The van der Waals surface area contributed by atoms with E-state index in [1.165, 1.54) is 0 Å². The summed E-state index contributed by atoms with van der Waals surface area (Å²) in [5.41, 5.74) is 2.65. The summed E-state index contributed by atoms with van der Waals surface area (Å²) in [6, 6.07) is 15.4. The highest BCUT2D eigenvalue weighted by atomic mass is 16.5. The number of nitrogens with zero attached hydrogens (tertiary/aromatic N) is 2. The lowest BCUT2D eigenvalue weighted by Crippen LogP contribution is -2.08. The Kier molecular flexibility index (Phi) is 5.01. The second-order valence-corrected chi connectivity index (χ2v) is 5.33. The van der Waals surface area contributed by atoms with Crippen LogP contribution in [0, 0.1) is 0 Å². The minimum absolute atomic E-state index is 0.283. The van der Waals surface area contributed by atoms with Gasteiger partial charge in [-0.15, -0.1) is 0 Å². The van der Waals surface area contributed by atoms with E-state index in [9.17, 15) is 4.79 Å². The number of rotatable bonds is 6. The molecule has 0 aliphatic heterocycles. The molecule has 5 heteroatoms. The molecule has 2 aromatic carbocycles. The lowest BCUT2D eigenvalue weighted by atomic mass is 10.1. The monoisotopic (exact) mass is 321 g/mol. The van der Waals surface area contributed by atoms with Gasteiger partial charge in [-0.1, -0.05) is 24.3 Å². The van der Waals surface area contributed by atoms with E-state index in [0.29, 0.717) is 12.2 Å². The van der Waals surface area contributed by atoms with Crippen molar-refractivity contribution in [1.29, 1.82) is 0 Å². The molecule has 122 valence electrons. The van der Waals surface area contributed by atoms with Crippen LogP contribution in [0.1, 0.15) is 22.8 Å². The number of hydrogen-bond acceptors (Lipinski definition) is 5. The van der Waals surface area contributed by atoms with Crippen LogP contribution in [0.4, 0.5) is 5.82 Å². The van der Waals surface area contributed by atoms with Crippen LogP contribution in [0.2, 0.25) is 0 Å². The number of hydrogen-bond donors (Lipinski definition) is 1. The molecule has 24 heavy (non-hydrogen) atoms. The van der Waals surface area contributed by atoms with Gasteiger partial charge in [0.2, 0.25) is 0 Å². The fourth-order valence-electron chi connectivity index (χ4n) is 2.49. The van der Waals surface area contributed by atoms with E-state index in [1.807, 2.05) is 36.4 Å². The molecular formula is C19H19N3O2. The molecule has 0 aliphatic carbocycles. The zero-order valence-corrected chi connectivity index (χ0v) is 13.5. The van der Waals surface area contributed by atoms with Crippen molar-refractivity contribution in [2.24, 2.45) is 0 Å². The smallest absolute Gasteiger partial charge is 0.338 e. The fraction of sp³-hybridized carbons (Fsp3) is 0.211. The van der Waals surface area contributed by atoms with Crippen molar-refractivity contribution >= 4 is 22.7 Å². The van der Waals surface area contributed by atoms with Gasteiger partial charge in [-0.25, -0.2) is 14.8 Å². The first-order chi connectivity index (χ1) is 11.8. The zero-order valence-electron chi connectivity index (χ0n) is 13.5. The first-order valence-electron chi connectivity index (χ1n) is 7.97. The molecule has 0 bridgehead atoms. The van der Waals surface area contributed by atoms with Crippen molar-refractivity contribution in [3.8, 4) is 0 Å². The van der Waals surface area contributed by atoms with Crippen molar-refractivity contribution in [2.45, 2.75) is 13.3 Å².